The molecular weight excluding hydrogens is 256 g/mol. The van der Waals surface area contributed by atoms with Gasteiger partial charge in [0.25, 0.3) is 0 Å². The molecular formula is C14H14N4O2. The Morgan fingerprint density at radius 3 is 2.80 bits per heavy atom. The monoisotopic (exact) mass is 270 g/mol. The van der Waals surface area contributed by atoms with Crippen molar-refractivity contribution in [2.24, 2.45) is 0 Å². The van der Waals surface area contributed by atoms with Crippen LogP contribution in [-0.4, -0.2) is 34.4 Å². The molecule has 0 fully saturated rings. The normalized spacial score (nSPS) is 11.8. The number of aromatic nitrogens is 2. The van der Waals surface area contributed by atoms with Crippen LogP contribution in [0.15, 0.2) is 24.3 Å². The van der Waals surface area contributed by atoms with Crippen molar-refractivity contribution < 1.29 is 9.90 Å². The topological polar surface area (TPSA) is 90.1 Å². The Morgan fingerprint density at radius 2 is 2.15 bits per heavy atom. The number of carbonyl (C=O) groups is 1. The van der Waals surface area contributed by atoms with Gasteiger partial charge in [0.15, 0.2) is 5.69 Å². The molecule has 0 saturated carbocycles. The Hall–Kier alpha value is -2.68. The minimum absolute atomic E-state index is 0.101. The summed E-state index contributed by atoms with van der Waals surface area (Å²) in [7, 11) is 1.76. The van der Waals surface area contributed by atoms with Crippen molar-refractivity contribution in [3.8, 4) is 6.07 Å². The van der Waals surface area contributed by atoms with Crippen LogP contribution in [0.4, 0.5) is 5.69 Å². The zero-order valence-electron chi connectivity index (χ0n) is 11.2. The number of hydrogen-bond acceptors (Lipinski definition) is 5. The van der Waals surface area contributed by atoms with Gasteiger partial charge in [-0.1, -0.05) is 18.2 Å². The van der Waals surface area contributed by atoms with Crippen LogP contribution in [0.3, 0.4) is 0 Å². The maximum atomic E-state index is 11.4. The lowest BCUT2D eigenvalue weighted by molar-refractivity contribution is 0.0690. The van der Waals surface area contributed by atoms with Crippen LogP contribution in [0.1, 0.15) is 23.8 Å². The van der Waals surface area contributed by atoms with Crippen molar-refractivity contribution in [1.29, 1.82) is 5.26 Å². The van der Waals surface area contributed by atoms with E-state index in [1.54, 1.807) is 24.1 Å². The maximum absolute atomic E-state index is 11.4. The molecule has 2 rings (SSSR count). The van der Waals surface area contributed by atoms with Gasteiger partial charge in [-0.3, -0.25) is 0 Å². The summed E-state index contributed by atoms with van der Waals surface area (Å²) in [4.78, 5) is 13.1. The van der Waals surface area contributed by atoms with Gasteiger partial charge in [-0.05, 0) is 13.0 Å². The quantitative estimate of drug-likeness (QED) is 0.914. The van der Waals surface area contributed by atoms with Crippen molar-refractivity contribution in [3.05, 3.63) is 30.0 Å². The number of fused-ring (bicyclic) bond motifs is 1. The third-order valence-electron chi connectivity index (χ3n) is 3.24. The number of carboxylic acids is 1. The maximum Gasteiger partial charge on any atom is 0.358 e. The minimum atomic E-state index is -1.13. The zero-order valence-corrected chi connectivity index (χ0v) is 11.2. The molecule has 102 valence electrons. The molecule has 0 bridgehead atoms. The summed E-state index contributed by atoms with van der Waals surface area (Å²) >= 11 is 0. The molecule has 6 nitrogen and oxygen atoms in total. The van der Waals surface area contributed by atoms with Crippen molar-refractivity contribution >= 4 is 22.6 Å². The van der Waals surface area contributed by atoms with E-state index < -0.39 is 5.97 Å². The number of carboxylic acid groups (broad SMARTS) is 1. The van der Waals surface area contributed by atoms with Crippen molar-refractivity contribution in [2.45, 2.75) is 19.4 Å². The van der Waals surface area contributed by atoms with E-state index in [9.17, 15) is 9.90 Å². The standard InChI is InChI=1S/C14H14N4O2/c1-9(7-8-15)18(2)13-10-5-3-4-6-11(10)16-17-12(13)14(19)20/h3-6,9H,7H2,1-2H3,(H,19,20). The highest BCUT2D eigenvalue weighted by molar-refractivity contribution is 6.02. The zero-order chi connectivity index (χ0) is 14.7. The predicted molar refractivity (Wildman–Crippen MR) is 74.6 cm³/mol. The molecule has 0 aliphatic carbocycles. The van der Waals surface area contributed by atoms with Crippen LogP contribution in [-0.2, 0) is 0 Å². The summed E-state index contributed by atoms with van der Waals surface area (Å²) in [6, 6.07) is 9.20. The molecule has 1 heterocycles. The average Bonchev–Trinajstić information content (AvgIpc) is 2.45. The summed E-state index contributed by atoms with van der Waals surface area (Å²) in [6.07, 6.45) is 0.298. The second-order valence-electron chi connectivity index (χ2n) is 4.54. The number of rotatable bonds is 4. The Balaban J connectivity index is 2.67. The van der Waals surface area contributed by atoms with E-state index in [1.807, 2.05) is 19.1 Å². The second kappa shape index (κ2) is 5.53. The number of aromatic carboxylic acids is 1. The van der Waals surface area contributed by atoms with E-state index in [4.69, 9.17) is 5.26 Å². The Kier molecular flexibility index (Phi) is 3.80. The molecule has 6 heteroatoms. The smallest absolute Gasteiger partial charge is 0.358 e. The molecule has 1 aromatic heterocycles. The highest BCUT2D eigenvalue weighted by atomic mass is 16.4. The first-order valence-corrected chi connectivity index (χ1v) is 6.14. The molecule has 2 aromatic rings. The molecule has 1 unspecified atom stereocenters. The summed E-state index contributed by atoms with van der Waals surface area (Å²) in [5, 5.41) is 26.5. The molecule has 1 atom stereocenters. The van der Waals surface area contributed by atoms with Gasteiger partial charge >= 0.3 is 5.97 Å². The Bertz CT molecular complexity index is 693. The fraction of sp³-hybridized carbons (Fsp3) is 0.286. The highest BCUT2D eigenvalue weighted by Gasteiger charge is 2.22. The summed E-state index contributed by atoms with van der Waals surface area (Å²) in [6.45, 7) is 1.87. The number of hydrogen-bond donors (Lipinski definition) is 1. The SMILES string of the molecule is CC(CC#N)N(C)c1c(C(=O)O)nnc2ccccc12. The molecule has 0 aliphatic rings. The van der Waals surface area contributed by atoms with Gasteiger partial charge in [-0.25, -0.2) is 4.79 Å². The van der Waals surface area contributed by atoms with Crippen LogP contribution in [0.2, 0.25) is 0 Å². The molecule has 0 saturated heterocycles. The summed E-state index contributed by atoms with van der Waals surface area (Å²) < 4.78 is 0. The fourth-order valence-electron chi connectivity index (χ4n) is 2.03. The van der Waals surface area contributed by atoms with E-state index >= 15 is 0 Å². The first kappa shape index (κ1) is 13.7. The van der Waals surface area contributed by atoms with Crippen LogP contribution < -0.4 is 4.90 Å². The van der Waals surface area contributed by atoms with E-state index in [0.29, 0.717) is 23.0 Å². The largest absolute Gasteiger partial charge is 0.476 e. The van der Waals surface area contributed by atoms with Crippen molar-refractivity contribution in [3.63, 3.8) is 0 Å². The average molecular weight is 270 g/mol. The van der Waals surface area contributed by atoms with E-state index in [0.717, 1.165) is 0 Å². The van der Waals surface area contributed by atoms with Crippen molar-refractivity contribution in [1.82, 2.24) is 10.2 Å². The lowest BCUT2D eigenvalue weighted by Crippen LogP contribution is -2.30. The second-order valence-corrected chi connectivity index (χ2v) is 4.54. The first-order chi connectivity index (χ1) is 9.56. The molecule has 20 heavy (non-hydrogen) atoms. The van der Waals surface area contributed by atoms with Gasteiger partial charge in [-0.2, -0.15) is 5.26 Å². The van der Waals surface area contributed by atoms with E-state index in [2.05, 4.69) is 16.3 Å². The first-order valence-electron chi connectivity index (χ1n) is 6.14. The van der Waals surface area contributed by atoms with E-state index in [1.165, 1.54) is 0 Å². The number of benzene rings is 1. The number of nitriles is 1. The van der Waals surface area contributed by atoms with Crippen LogP contribution in [0.5, 0.6) is 0 Å². The molecule has 0 radical (unpaired) electrons. The Morgan fingerprint density at radius 1 is 1.45 bits per heavy atom. The fourth-order valence-corrected chi connectivity index (χ4v) is 2.03. The molecule has 0 spiro atoms. The van der Waals surface area contributed by atoms with Crippen LogP contribution in [0, 0.1) is 11.3 Å². The Labute approximate surface area is 116 Å². The highest BCUT2D eigenvalue weighted by Crippen LogP contribution is 2.29. The van der Waals surface area contributed by atoms with Gasteiger partial charge in [0.1, 0.15) is 0 Å². The van der Waals surface area contributed by atoms with E-state index in [-0.39, 0.29) is 11.7 Å². The number of nitrogens with zero attached hydrogens (tertiary/aromatic N) is 4. The molecule has 1 N–H and O–H groups in total. The predicted octanol–water partition coefficient (Wildman–Crippen LogP) is 2.07. The van der Waals surface area contributed by atoms with Crippen LogP contribution >= 0.6 is 0 Å². The van der Waals surface area contributed by atoms with Crippen molar-refractivity contribution in [2.75, 3.05) is 11.9 Å². The molecule has 0 amide bonds. The lowest BCUT2D eigenvalue weighted by atomic mass is 10.1. The third-order valence-corrected chi connectivity index (χ3v) is 3.24. The van der Waals surface area contributed by atoms with Gasteiger partial charge in [0, 0.05) is 18.5 Å². The van der Waals surface area contributed by atoms with Gasteiger partial charge in [-0.15, -0.1) is 10.2 Å². The lowest BCUT2D eigenvalue weighted by Gasteiger charge is -2.27. The summed E-state index contributed by atoms with van der Waals surface area (Å²) in [5.41, 5.74) is 1.02. The van der Waals surface area contributed by atoms with Gasteiger partial charge in [0.2, 0.25) is 0 Å². The van der Waals surface area contributed by atoms with Crippen LogP contribution in [0.25, 0.3) is 10.9 Å². The third kappa shape index (κ3) is 2.38. The molecule has 0 aliphatic heterocycles. The summed E-state index contributed by atoms with van der Waals surface area (Å²) in [5.74, 6) is -1.13. The number of anilines is 1. The minimum Gasteiger partial charge on any atom is -0.476 e. The molecule has 1 aromatic carbocycles. The van der Waals surface area contributed by atoms with Gasteiger partial charge in [0.05, 0.1) is 23.7 Å². The van der Waals surface area contributed by atoms with Gasteiger partial charge < -0.3 is 10.0 Å².